The molecule has 6 N–H and O–H groups in total. The number of aliphatic hydroxyl groups excluding tert-OH is 2. The topological polar surface area (TPSA) is 143 Å². The highest BCUT2D eigenvalue weighted by Crippen LogP contribution is 2.29. The normalized spacial score (nSPS) is 21.9. The molecule has 176 valence electrons. The maximum atomic E-state index is 12.8. The van der Waals surface area contributed by atoms with E-state index in [1.807, 2.05) is 24.3 Å². The smallest absolute Gasteiger partial charge is 0.319 e. The number of imidazole rings is 1. The van der Waals surface area contributed by atoms with Crippen LogP contribution in [0.25, 0.3) is 11.4 Å². The number of aromatic nitrogens is 2. The van der Waals surface area contributed by atoms with Crippen LogP contribution in [-0.2, 0) is 13.1 Å². The lowest BCUT2D eigenvalue weighted by Gasteiger charge is -2.37. The molecule has 0 saturated carbocycles. The van der Waals surface area contributed by atoms with E-state index in [0.717, 1.165) is 22.5 Å². The third kappa shape index (κ3) is 4.51. The summed E-state index contributed by atoms with van der Waals surface area (Å²) in [5.41, 5.74) is 3.91. The van der Waals surface area contributed by atoms with Gasteiger partial charge >= 0.3 is 6.03 Å². The third-order valence-corrected chi connectivity index (χ3v) is 6.23. The van der Waals surface area contributed by atoms with Gasteiger partial charge in [0.05, 0.1) is 6.04 Å². The maximum Gasteiger partial charge on any atom is 0.319 e. The van der Waals surface area contributed by atoms with Crippen LogP contribution in [-0.4, -0.2) is 55.5 Å². The molecule has 3 heterocycles. The lowest BCUT2D eigenvalue weighted by Crippen LogP contribution is -2.56. The molecule has 3 unspecified atom stereocenters. The predicted molar refractivity (Wildman–Crippen MR) is 124 cm³/mol. The first-order valence-corrected chi connectivity index (χ1v) is 11.2. The highest BCUT2D eigenvalue weighted by molar-refractivity contribution is 5.98. The number of rotatable bonds is 5. The molecule has 0 radical (unpaired) electrons. The first kappa shape index (κ1) is 22.1. The van der Waals surface area contributed by atoms with Crippen LogP contribution in [0.15, 0.2) is 54.9 Å². The Morgan fingerprint density at radius 2 is 1.97 bits per heavy atom. The molecule has 10 nitrogen and oxygen atoms in total. The van der Waals surface area contributed by atoms with Gasteiger partial charge < -0.3 is 30.7 Å². The van der Waals surface area contributed by atoms with Crippen molar-refractivity contribution >= 4 is 17.6 Å². The summed E-state index contributed by atoms with van der Waals surface area (Å²) in [6, 6.07) is 12.1. The fourth-order valence-corrected chi connectivity index (χ4v) is 4.47. The molecule has 34 heavy (non-hydrogen) atoms. The Kier molecular flexibility index (Phi) is 6.01. The zero-order valence-electron chi connectivity index (χ0n) is 18.4. The van der Waals surface area contributed by atoms with Gasteiger partial charge in [-0.3, -0.25) is 10.1 Å². The zero-order chi connectivity index (χ0) is 23.7. The van der Waals surface area contributed by atoms with Gasteiger partial charge in [-0.05, 0) is 54.3 Å². The summed E-state index contributed by atoms with van der Waals surface area (Å²) < 4.78 is 0. The number of nitrogens with one attached hydrogen (secondary N) is 4. The first-order valence-electron chi connectivity index (χ1n) is 11.2. The number of fused-ring (bicyclic) bond motifs is 1. The summed E-state index contributed by atoms with van der Waals surface area (Å²) in [7, 11) is 0. The van der Waals surface area contributed by atoms with Crippen molar-refractivity contribution in [1.29, 1.82) is 0 Å². The van der Waals surface area contributed by atoms with Crippen LogP contribution in [0.5, 0.6) is 0 Å². The number of piperidine rings is 1. The van der Waals surface area contributed by atoms with E-state index in [-0.39, 0.29) is 11.9 Å². The van der Waals surface area contributed by atoms with Gasteiger partial charge in [0.25, 0.3) is 5.91 Å². The second-order valence-corrected chi connectivity index (χ2v) is 8.52. The van der Waals surface area contributed by atoms with Crippen molar-refractivity contribution in [2.24, 2.45) is 0 Å². The Hall–Kier alpha value is -3.73. The summed E-state index contributed by atoms with van der Waals surface area (Å²) in [5, 5.41) is 28.2. The fourth-order valence-electron chi connectivity index (χ4n) is 4.47. The van der Waals surface area contributed by atoms with E-state index in [4.69, 9.17) is 0 Å². The van der Waals surface area contributed by atoms with E-state index in [9.17, 15) is 19.8 Å². The first-order chi connectivity index (χ1) is 16.5. The molecule has 3 aromatic rings. The van der Waals surface area contributed by atoms with Crippen molar-refractivity contribution in [3.8, 4) is 11.4 Å². The van der Waals surface area contributed by atoms with Crippen molar-refractivity contribution in [3.05, 3.63) is 71.5 Å². The highest BCUT2D eigenvalue weighted by atomic mass is 16.3. The van der Waals surface area contributed by atoms with Crippen molar-refractivity contribution in [1.82, 2.24) is 25.5 Å². The second kappa shape index (κ2) is 9.26. The van der Waals surface area contributed by atoms with Gasteiger partial charge in [-0.15, -0.1) is 0 Å². The van der Waals surface area contributed by atoms with Crippen molar-refractivity contribution in [3.63, 3.8) is 0 Å². The molecular formula is C24H26N6O4. The molecule has 2 aliphatic heterocycles. The van der Waals surface area contributed by atoms with Crippen LogP contribution in [0.1, 0.15) is 34.3 Å². The van der Waals surface area contributed by atoms with Gasteiger partial charge in [-0.2, -0.15) is 0 Å². The quantitative estimate of drug-likeness (QED) is 0.341. The molecule has 3 atom stereocenters. The second-order valence-electron chi connectivity index (χ2n) is 8.52. The lowest BCUT2D eigenvalue weighted by atomic mass is 10.0. The Labute approximate surface area is 196 Å². The van der Waals surface area contributed by atoms with E-state index in [1.165, 1.54) is 0 Å². The number of anilines is 1. The molecule has 5 rings (SSSR count). The number of benzene rings is 2. The molecule has 3 amide bonds. The molecule has 0 spiro atoms. The number of nitrogens with zero attached hydrogens (tertiary/aromatic N) is 2. The lowest BCUT2D eigenvalue weighted by molar-refractivity contribution is -0.0477. The van der Waals surface area contributed by atoms with Gasteiger partial charge in [0.2, 0.25) is 0 Å². The van der Waals surface area contributed by atoms with Crippen LogP contribution >= 0.6 is 0 Å². The molecule has 10 heteroatoms. The number of amides is 3. The largest absolute Gasteiger partial charge is 0.379 e. The SMILES string of the molecule is O=C(NCc1ccc2c(c1)CN(C1CCC(O)NC1O)C2=O)Nc1ccc(-c2ncc[nH]2)cc1. The van der Waals surface area contributed by atoms with Crippen LogP contribution in [0.2, 0.25) is 0 Å². The van der Waals surface area contributed by atoms with Gasteiger partial charge in [0, 0.05) is 42.3 Å². The summed E-state index contributed by atoms with van der Waals surface area (Å²) in [6.07, 6.45) is 2.69. The van der Waals surface area contributed by atoms with Gasteiger partial charge in [0.1, 0.15) is 18.3 Å². The molecule has 1 aromatic heterocycles. The fraction of sp³-hybridized carbons (Fsp3) is 0.292. The zero-order valence-corrected chi connectivity index (χ0v) is 18.4. The summed E-state index contributed by atoms with van der Waals surface area (Å²) in [5.74, 6) is 0.629. The number of hydrogen-bond donors (Lipinski definition) is 6. The van der Waals surface area contributed by atoms with Crippen molar-refractivity contribution in [2.45, 2.75) is 44.4 Å². The Balaban J connectivity index is 1.17. The Bertz CT molecular complexity index is 1180. The minimum Gasteiger partial charge on any atom is -0.379 e. The average molecular weight is 463 g/mol. The number of aliphatic hydroxyl groups is 2. The molecule has 0 bridgehead atoms. The van der Waals surface area contributed by atoms with Gasteiger partial charge in [-0.1, -0.05) is 12.1 Å². The standard InChI is InChI=1S/C24H26N6O4/c31-20-8-7-19(22(32)29-20)30-13-16-11-14(1-6-18(16)23(30)33)12-27-24(34)28-17-4-2-15(3-5-17)21-25-9-10-26-21/h1-6,9-11,19-20,22,29,31-32H,7-8,12-13H2,(H,25,26)(H2,27,28,34). The third-order valence-electron chi connectivity index (χ3n) is 6.23. The van der Waals surface area contributed by atoms with E-state index in [2.05, 4.69) is 25.9 Å². The minimum atomic E-state index is -0.972. The predicted octanol–water partition coefficient (Wildman–Crippen LogP) is 1.74. The molecule has 2 aliphatic rings. The monoisotopic (exact) mass is 462 g/mol. The van der Waals surface area contributed by atoms with Crippen molar-refractivity contribution in [2.75, 3.05) is 5.32 Å². The number of carbonyl (C=O) groups is 2. The van der Waals surface area contributed by atoms with Crippen LogP contribution < -0.4 is 16.0 Å². The minimum absolute atomic E-state index is 0.132. The Morgan fingerprint density at radius 3 is 2.71 bits per heavy atom. The Morgan fingerprint density at radius 1 is 1.15 bits per heavy atom. The number of aromatic amines is 1. The van der Waals surface area contributed by atoms with Gasteiger partial charge in [-0.25, -0.2) is 9.78 Å². The highest BCUT2D eigenvalue weighted by Gasteiger charge is 2.38. The van der Waals surface area contributed by atoms with E-state index in [1.54, 1.807) is 35.5 Å². The number of hydrogen-bond acceptors (Lipinski definition) is 6. The van der Waals surface area contributed by atoms with Crippen LogP contribution in [0.4, 0.5) is 10.5 Å². The maximum absolute atomic E-state index is 12.8. The molecule has 0 aliphatic carbocycles. The molecule has 1 fully saturated rings. The number of H-pyrrole nitrogens is 1. The van der Waals surface area contributed by atoms with Crippen LogP contribution in [0.3, 0.4) is 0 Å². The average Bonchev–Trinajstić information content (AvgIpc) is 3.47. The molecule has 2 aromatic carbocycles. The molecular weight excluding hydrogens is 436 g/mol. The van der Waals surface area contributed by atoms with Crippen LogP contribution in [0, 0.1) is 0 Å². The van der Waals surface area contributed by atoms with E-state index >= 15 is 0 Å². The molecule has 1 saturated heterocycles. The summed E-state index contributed by atoms with van der Waals surface area (Å²) >= 11 is 0. The summed E-state index contributed by atoms with van der Waals surface area (Å²) in [6.45, 7) is 0.688. The van der Waals surface area contributed by atoms with E-state index < -0.39 is 18.5 Å². The van der Waals surface area contributed by atoms with Crippen molar-refractivity contribution < 1.29 is 19.8 Å². The summed E-state index contributed by atoms with van der Waals surface area (Å²) in [4.78, 5) is 34.1. The number of carbonyl (C=O) groups excluding carboxylic acids is 2. The van der Waals surface area contributed by atoms with E-state index in [0.29, 0.717) is 37.2 Å². The number of urea groups is 1. The van der Waals surface area contributed by atoms with Gasteiger partial charge in [0.15, 0.2) is 0 Å².